The second-order valence-corrected chi connectivity index (χ2v) is 5.42. The van der Waals surface area contributed by atoms with Crippen molar-refractivity contribution in [2.75, 3.05) is 12.3 Å². The Morgan fingerprint density at radius 3 is 3.12 bits per heavy atom. The SMILES string of the molecule is CC1OCCC1Sc1nc2ccc(N)cc2o1. The number of fused-ring (bicyclic) bond motifs is 1. The van der Waals surface area contributed by atoms with Gasteiger partial charge in [-0.25, -0.2) is 4.98 Å². The number of oxazole rings is 1. The maximum Gasteiger partial charge on any atom is 0.257 e. The second kappa shape index (κ2) is 4.23. The number of anilines is 1. The topological polar surface area (TPSA) is 61.3 Å². The largest absolute Gasteiger partial charge is 0.431 e. The summed E-state index contributed by atoms with van der Waals surface area (Å²) in [4.78, 5) is 4.44. The number of nitrogens with two attached hydrogens (primary N) is 1. The van der Waals surface area contributed by atoms with E-state index in [0.29, 0.717) is 16.2 Å². The number of aromatic nitrogens is 1. The van der Waals surface area contributed by atoms with Gasteiger partial charge >= 0.3 is 0 Å². The molecule has 0 amide bonds. The van der Waals surface area contributed by atoms with Crippen LogP contribution in [-0.4, -0.2) is 22.9 Å². The number of benzene rings is 1. The van der Waals surface area contributed by atoms with E-state index in [1.165, 1.54) is 0 Å². The molecule has 2 atom stereocenters. The lowest BCUT2D eigenvalue weighted by Crippen LogP contribution is -2.12. The van der Waals surface area contributed by atoms with E-state index in [0.717, 1.165) is 24.1 Å². The number of thioether (sulfide) groups is 1. The number of hydrogen-bond acceptors (Lipinski definition) is 5. The lowest BCUT2D eigenvalue weighted by atomic mass is 10.3. The molecule has 1 aromatic carbocycles. The number of nitrogens with zero attached hydrogens (tertiary/aromatic N) is 1. The Labute approximate surface area is 104 Å². The predicted octanol–water partition coefficient (Wildman–Crippen LogP) is 2.68. The molecule has 2 N–H and O–H groups in total. The maximum absolute atomic E-state index is 5.70. The normalized spacial score (nSPS) is 24.5. The van der Waals surface area contributed by atoms with Crippen molar-refractivity contribution in [2.45, 2.75) is 29.9 Å². The Kier molecular flexibility index (Phi) is 2.72. The molecule has 17 heavy (non-hydrogen) atoms. The highest BCUT2D eigenvalue weighted by Crippen LogP contribution is 2.33. The van der Waals surface area contributed by atoms with E-state index in [2.05, 4.69) is 11.9 Å². The fourth-order valence-corrected chi connectivity index (χ4v) is 3.00. The Bertz CT molecular complexity index is 540. The van der Waals surface area contributed by atoms with Gasteiger partial charge in [0.25, 0.3) is 5.22 Å². The summed E-state index contributed by atoms with van der Waals surface area (Å²) in [6, 6.07) is 5.52. The summed E-state index contributed by atoms with van der Waals surface area (Å²) >= 11 is 1.65. The molecule has 0 bridgehead atoms. The van der Waals surface area contributed by atoms with Gasteiger partial charge in [-0.1, -0.05) is 11.8 Å². The van der Waals surface area contributed by atoms with Crippen LogP contribution in [0.5, 0.6) is 0 Å². The quantitative estimate of drug-likeness (QED) is 0.830. The first-order chi connectivity index (χ1) is 8.22. The Morgan fingerprint density at radius 1 is 1.47 bits per heavy atom. The minimum atomic E-state index is 0.264. The molecule has 4 nitrogen and oxygen atoms in total. The molecule has 0 saturated carbocycles. The molecule has 3 rings (SSSR count). The van der Waals surface area contributed by atoms with E-state index in [9.17, 15) is 0 Å². The molecule has 0 spiro atoms. The van der Waals surface area contributed by atoms with Crippen molar-refractivity contribution >= 4 is 28.5 Å². The molecule has 5 heteroatoms. The summed E-state index contributed by atoms with van der Waals surface area (Å²) < 4.78 is 11.2. The molecule has 2 heterocycles. The number of ether oxygens (including phenoxy) is 1. The van der Waals surface area contributed by atoms with Gasteiger partial charge in [0.1, 0.15) is 5.52 Å². The number of nitrogen functional groups attached to an aromatic ring is 1. The third kappa shape index (κ3) is 2.12. The third-order valence-corrected chi connectivity index (χ3v) is 4.25. The molecule has 90 valence electrons. The predicted molar refractivity (Wildman–Crippen MR) is 68.1 cm³/mol. The third-order valence-electron chi connectivity index (χ3n) is 2.95. The van der Waals surface area contributed by atoms with E-state index < -0.39 is 0 Å². The van der Waals surface area contributed by atoms with Crippen LogP contribution in [0.15, 0.2) is 27.8 Å². The molecule has 0 radical (unpaired) electrons. The van der Waals surface area contributed by atoms with Crippen LogP contribution in [-0.2, 0) is 4.74 Å². The molecule has 0 aliphatic carbocycles. The van der Waals surface area contributed by atoms with Gasteiger partial charge in [0.05, 0.1) is 6.10 Å². The molecular formula is C12H14N2O2S. The van der Waals surface area contributed by atoms with Crippen molar-refractivity contribution < 1.29 is 9.15 Å². The van der Waals surface area contributed by atoms with Crippen molar-refractivity contribution in [2.24, 2.45) is 0 Å². The molecule has 2 unspecified atom stereocenters. The number of hydrogen-bond donors (Lipinski definition) is 1. The molecular weight excluding hydrogens is 236 g/mol. The number of rotatable bonds is 2. The Balaban J connectivity index is 1.85. The first-order valence-electron chi connectivity index (χ1n) is 5.67. The van der Waals surface area contributed by atoms with E-state index in [1.807, 2.05) is 12.1 Å². The zero-order chi connectivity index (χ0) is 11.8. The standard InChI is InChI=1S/C12H14N2O2S/c1-7-11(4-5-15-7)17-12-14-9-3-2-8(13)6-10(9)16-12/h2-3,6-7,11H,4-5,13H2,1H3. The molecule has 2 aromatic rings. The van der Waals surface area contributed by atoms with Crippen molar-refractivity contribution in [1.82, 2.24) is 4.98 Å². The van der Waals surface area contributed by atoms with E-state index in [-0.39, 0.29) is 6.10 Å². The van der Waals surface area contributed by atoms with Gasteiger partial charge in [-0.3, -0.25) is 0 Å². The van der Waals surface area contributed by atoms with Crippen molar-refractivity contribution in [3.63, 3.8) is 0 Å². The summed E-state index contributed by atoms with van der Waals surface area (Å²) in [5.41, 5.74) is 8.01. The zero-order valence-corrected chi connectivity index (χ0v) is 10.4. The minimum absolute atomic E-state index is 0.264. The van der Waals surface area contributed by atoms with Crippen LogP contribution in [0.3, 0.4) is 0 Å². The van der Waals surface area contributed by atoms with Gasteiger partial charge in [0.15, 0.2) is 5.58 Å². The van der Waals surface area contributed by atoms with Gasteiger partial charge in [0.2, 0.25) is 0 Å². The fraction of sp³-hybridized carbons (Fsp3) is 0.417. The lowest BCUT2D eigenvalue weighted by Gasteiger charge is -2.09. The highest BCUT2D eigenvalue weighted by molar-refractivity contribution is 7.99. The van der Waals surface area contributed by atoms with Crippen LogP contribution >= 0.6 is 11.8 Å². The van der Waals surface area contributed by atoms with Crippen molar-refractivity contribution in [3.05, 3.63) is 18.2 Å². The van der Waals surface area contributed by atoms with Crippen molar-refractivity contribution in [3.8, 4) is 0 Å². The molecule has 1 aromatic heterocycles. The molecule has 1 aliphatic rings. The van der Waals surface area contributed by atoms with E-state index in [4.69, 9.17) is 14.9 Å². The van der Waals surface area contributed by atoms with Crippen LogP contribution in [0, 0.1) is 0 Å². The van der Waals surface area contributed by atoms with E-state index >= 15 is 0 Å². The summed E-state index contributed by atoms with van der Waals surface area (Å²) in [7, 11) is 0. The fourth-order valence-electron chi connectivity index (χ4n) is 1.97. The average Bonchev–Trinajstić information content (AvgIpc) is 2.85. The molecule has 1 saturated heterocycles. The minimum Gasteiger partial charge on any atom is -0.431 e. The average molecular weight is 250 g/mol. The first kappa shape index (κ1) is 10.9. The summed E-state index contributed by atoms with van der Waals surface area (Å²) in [5.74, 6) is 0. The van der Waals surface area contributed by atoms with Gasteiger partial charge < -0.3 is 14.9 Å². The van der Waals surface area contributed by atoms with Crippen molar-refractivity contribution in [1.29, 1.82) is 0 Å². The van der Waals surface area contributed by atoms with Crippen LogP contribution < -0.4 is 5.73 Å². The monoisotopic (exact) mass is 250 g/mol. The summed E-state index contributed by atoms with van der Waals surface area (Å²) in [6.07, 6.45) is 1.31. The summed E-state index contributed by atoms with van der Waals surface area (Å²) in [6.45, 7) is 2.91. The van der Waals surface area contributed by atoms with Crippen LogP contribution in [0.4, 0.5) is 5.69 Å². The van der Waals surface area contributed by atoms with Crippen LogP contribution in [0.1, 0.15) is 13.3 Å². The van der Waals surface area contributed by atoms with Gasteiger partial charge in [-0.05, 0) is 25.5 Å². The Morgan fingerprint density at radius 2 is 2.35 bits per heavy atom. The summed E-state index contributed by atoms with van der Waals surface area (Å²) in [5, 5.41) is 1.13. The first-order valence-corrected chi connectivity index (χ1v) is 6.54. The maximum atomic E-state index is 5.70. The smallest absolute Gasteiger partial charge is 0.257 e. The highest BCUT2D eigenvalue weighted by Gasteiger charge is 2.27. The van der Waals surface area contributed by atoms with E-state index in [1.54, 1.807) is 17.8 Å². The zero-order valence-electron chi connectivity index (χ0n) is 9.55. The van der Waals surface area contributed by atoms with Gasteiger partial charge in [-0.15, -0.1) is 0 Å². The van der Waals surface area contributed by atoms with Crippen LogP contribution in [0.25, 0.3) is 11.1 Å². The Hall–Kier alpha value is -1.20. The highest BCUT2D eigenvalue weighted by atomic mass is 32.2. The van der Waals surface area contributed by atoms with Crippen LogP contribution in [0.2, 0.25) is 0 Å². The van der Waals surface area contributed by atoms with Gasteiger partial charge in [-0.2, -0.15) is 0 Å². The molecule has 1 fully saturated rings. The van der Waals surface area contributed by atoms with Gasteiger partial charge in [0, 0.05) is 23.6 Å². The molecule has 1 aliphatic heterocycles. The lowest BCUT2D eigenvalue weighted by molar-refractivity contribution is 0.127. The second-order valence-electron chi connectivity index (χ2n) is 4.23.